The van der Waals surface area contributed by atoms with Gasteiger partial charge in [0, 0.05) is 6.54 Å². The average Bonchev–Trinajstić information content (AvgIpc) is 3.11. The molecule has 17 heteroatoms. The van der Waals surface area contributed by atoms with Gasteiger partial charge in [0.05, 0.1) is 13.5 Å². The van der Waals surface area contributed by atoms with Crippen molar-refractivity contribution >= 4 is 17.1 Å². The van der Waals surface area contributed by atoms with Crippen molar-refractivity contribution in [2.24, 2.45) is 0 Å². The van der Waals surface area contributed by atoms with E-state index in [0.29, 0.717) is 9.13 Å². The lowest BCUT2D eigenvalue weighted by Crippen LogP contribution is -2.44. The van der Waals surface area contributed by atoms with Crippen molar-refractivity contribution in [1.29, 1.82) is 0 Å². The van der Waals surface area contributed by atoms with Crippen LogP contribution in [-0.2, 0) is 11.3 Å². The number of halogens is 7. The summed E-state index contributed by atoms with van der Waals surface area (Å²) in [5.41, 5.74) is 3.12. The Morgan fingerprint density at radius 1 is 1.25 bits per heavy atom. The van der Waals surface area contributed by atoms with Gasteiger partial charge in [-0.1, -0.05) is 0 Å². The lowest BCUT2D eigenvalue weighted by Gasteiger charge is -2.22. The van der Waals surface area contributed by atoms with Gasteiger partial charge in [0.2, 0.25) is 11.8 Å². The second kappa shape index (κ2) is 8.04. The van der Waals surface area contributed by atoms with Crippen molar-refractivity contribution in [2.45, 2.75) is 56.0 Å². The number of aromatic nitrogens is 4. The third-order valence-corrected chi connectivity index (χ3v) is 4.73. The van der Waals surface area contributed by atoms with Gasteiger partial charge in [-0.2, -0.15) is 36.3 Å². The van der Waals surface area contributed by atoms with Gasteiger partial charge < -0.3 is 25.4 Å². The highest BCUT2D eigenvalue weighted by molar-refractivity contribution is 5.78. The number of methoxy groups -OCH3 is 1. The third-order valence-electron chi connectivity index (χ3n) is 4.73. The lowest BCUT2D eigenvalue weighted by molar-refractivity contribution is -0.241. The Labute approximate surface area is 173 Å². The molecule has 0 spiro atoms. The third kappa shape index (κ3) is 4.18. The minimum Gasteiger partial charge on any atom is -0.479 e. The molecule has 4 N–H and O–H groups in total. The van der Waals surface area contributed by atoms with Gasteiger partial charge in [0.1, 0.15) is 12.2 Å². The lowest BCUT2D eigenvalue weighted by atomic mass is 10.1. The van der Waals surface area contributed by atoms with Gasteiger partial charge >= 0.3 is 18.0 Å². The first kappa shape index (κ1) is 24.0. The Bertz CT molecular complexity index is 1050. The summed E-state index contributed by atoms with van der Waals surface area (Å²) in [5.74, 6) is -1.01. The van der Waals surface area contributed by atoms with Gasteiger partial charge in [0.25, 0.3) is 0 Å². The number of nitrogens with zero attached hydrogens (tertiary/aromatic N) is 4. The fourth-order valence-corrected chi connectivity index (χ4v) is 3.29. The van der Waals surface area contributed by atoms with Gasteiger partial charge in [0.15, 0.2) is 29.7 Å². The summed E-state index contributed by atoms with van der Waals surface area (Å²) < 4.78 is 102. The predicted octanol–water partition coefficient (Wildman–Crippen LogP) is 0.656. The molecule has 1 fully saturated rings. The Hall–Kier alpha value is -2.66. The van der Waals surface area contributed by atoms with E-state index in [1.54, 1.807) is 0 Å². The highest BCUT2D eigenvalue weighted by atomic mass is 19.4. The van der Waals surface area contributed by atoms with E-state index in [2.05, 4.69) is 9.97 Å². The van der Waals surface area contributed by atoms with E-state index in [-0.39, 0.29) is 0 Å². The first-order valence-electron chi connectivity index (χ1n) is 8.78. The number of anilines is 1. The monoisotopic (exact) mass is 479 g/mol. The van der Waals surface area contributed by atoms with Crippen LogP contribution in [0.2, 0.25) is 0 Å². The molecule has 1 aliphatic heterocycles. The second-order valence-corrected chi connectivity index (χ2v) is 6.85. The normalized spacial score (nSPS) is 25.4. The van der Waals surface area contributed by atoms with Crippen molar-refractivity contribution in [2.75, 3.05) is 12.8 Å². The molecule has 0 amide bonds. The minimum atomic E-state index is -5.33. The van der Waals surface area contributed by atoms with Crippen LogP contribution in [0.15, 0.2) is 4.79 Å². The molecule has 2 aromatic rings. The molecule has 0 bridgehead atoms. The topological polar surface area (TPSA) is 138 Å². The quantitative estimate of drug-likeness (QED) is 0.532. The molecule has 0 saturated carbocycles. The first-order chi connectivity index (χ1) is 14.7. The average molecular weight is 479 g/mol. The van der Waals surface area contributed by atoms with Crippen LogP contribution < -0.4 is 16.2 Å². The van der Waals surface area contributed by atoms with Crippen LogP contribution in [0.25, 0.3) is 11.2 Å². The Morgan fingerprint density at radius 2 is 1.88 bits per heavy atom. The first-order valence-corrected chi connectivity index (χ1v) is 8.78. The fraction of sp³-hybridized carbons (Fsp3) is 0.667. The van der Waals surface area contributed by atoms with Crippen molar-refractivity contribution in [3.8, 4) is 5.88 Å². The molecule has 5 atom stereocenters. The summed E-state index contributed by atoms with van der Waals surface area (Å²) >= 11 is 0. The molecule has 0 aromatic carbocycles. The molecule has 32 heavy (non-hydrogen) atoms. The number of aliphatic hydroxyl groups excluding tert-OH is 2. The number of hydrogen-bond donors (Lipinski definition) is 3. The minimum absolute atomic E-state index is 0.340. The van der Waals surface area contributed by atoms with Crippen LogP contribution in [0, 0.1) is 0 Å². The molecule has 3 rings (SSSR count). The molecule has 180 valence electrons. The SMILES string of the molecule is COc1nc(N)nc2c1n(CCC(F)(F)F)c(=O)n2[C@@H]1O[C@H]([C@@H](O)C(F)(F)F)[C@H](F)[C@H]1O. The van der Waals surface area contributed by atoms with Crippen LogP contribution in [0.1, 0.15) is 12.6 Å². The van der Waals surface area contributed by atoms with Gasteiger partial charge in [-0.25, -0.2) is 13.8 Å². The largest absolute Gasteiger partial charge is 0.479 e. The Balaban J connectivity index is 2.17. The summed E-state index contributed by atoms with van der Waals surface area (Å²) in [4.78, 5) is 20.2. The van der Waals surface area contributed by atoms with E-state index in [4.69, 9.17) is 15.2 Å². The molecule has 3 heterocycles. The maximum absolute atomic E-state index is 14.4. The number of hydrogen-bond acceptors (Lipinski definition) is 8. The van der Waals surface area contributed by atoms with Gasteiger partial charge in [-0.15, -0.1) is 0 Å². The molecule has 1 saturated heterocycles. The fourth-order valence-electron chi connectivity index (χ4n) is 3.29. The van der Waals surface area contributed by atoms with E-state index in [1.165, 1.54) is 0 Å². The summed E-state index contributed by atoms with van der Waals surface area (Å²) in [5, 5.41) is 19.5. The van der Waals surface area contributed by atoms with E-state index in [9.17, 15) is 45.7 Å². The number of fused-ring (bicyclic) bond motifs is 1. The number of aryl methyl sites for hydroxylation is 1. The Kier molecular flexibility index (Phi) is 6.03. The molecular formula is C15H16F7N5O5. The summed E-state index contributed by atoms with van der Waals surface area (Å²) in [7, 11) is 1.05. The summed E-state index contributed by atoms with van der Waals surface area (Å²) in [6.07, 6.45) is -24.9. The molecule has 1 aliphatic rings. The summed E-state index contributed by atoms with van der Waals surface area (Å²) in [6, 6.07) is 0. The predicted molar refractivity (Wildman–Crippen MR) is 90.3 cm³/mol. The number of nitrogen functional groups attached to an aromatic ring is 1. The zero-order valence-corrected chi connectivity index (χ0v) is 15.9. The number of nitrogens with two attached hydrogens (primary N) is 1. The van der Waals surface area contributed by atoms with Crippen molar-refractivity contribution in [3.05, 3.63) is 10.5 Å². The van der Waals surface area contributed by atoms with Crippen LogP contribution >= 0.6 is 0 Å². The number of imidazole rings is 1. The number of rotatable bonds is 5. The molecule has 2 aromatic heterocycles. The Morgan fingerprint density at radius 3 is 2.41 bits per heavy atom. The molecule has 0 unspecified atom stereocenters. The molecule has 10 nitrogen and oxygen atoms in total. The zero-order valence-electron chi connectivity index (χ0n) is 15.9. The van der Waals surface area contributed by atoms with Gasteiger partial charge in [-0.3, -0.25) is 4.57 Å². The van der Waals surface area contributed by atoms with E-state index < -0.39 is 84.7 Å². The number of ether oxygens (including phenoxy) is 2. The van der Waals surface area contributed by atoms with Crippen molar-refractivity contribution < 1.29 is 50.4 Å². The maximum Gasteiger partial charge on any atom is 0.417 e. The van der Waals surface area contributed by atoms with Crippen molar-refractivity contribution in [1.82, 2.24) is 19.1 Å². The molecular weight excluding hydrogens is 463 g/mol. The standard InChI is InChI=1S/C15H16F7N5O5/c1-31-10-5-9(24-12(23)25-10)27(13(30)26(5)3-2-14(17,18)19)11-6(28)4(16)7(32-11)8(29)15(20,21)22/h4,6-8,11,28-29H,2-3H2,1H3,(H2,23,24,25)/t4-,6-,7+,8-,11-/m1/s1. The van der Waals surface area contributed by atoms with E-state index in [0.717, 1.165) is 7.11 Å². The van der Waals surface area contributed by atoms with Crippen LogP contribution in [0.4, 0.5) is 36.7 Å². The molecule has 0 radical (unpaired) electrons. The van der Waals surface area contributed by atoms with Gasteiger partial charge in [-0.05, 0) is 0 Å². The smallest absolute Gasteiger partial charge is 0.417 e. The highest BCUT2D eigenvalue weighted by Gasteiger charge is 2.56. The summed E-state index contributed by atoms with van der Waals surface area (Å²) in [6.45, 7) is -0.994. The van der Waals surface area contributed by atoms with Crippen LogP contribution in [0.5, 0.6) is 5.88 Å². The van der Waals surface area contributed by atoms with E-state index in [1.807, 2.05) is 0 Å². The van der Waals surface area contributed by atoms with Crippen LogP contribution in [-0.4, -0.2) is 73.3 Å². The number of alkyl halides is 7. The second-order valence-electron chi connectivity index (χ2n) is 6.85. The highest BCUT2D eigenvalue weighted by Crippen LogP contribution is 2.38. The van der Waals surface area contributed by atoms with Crippen molar-refractivity contribution in [3.63, 3.8) is 0 Å². The number of aliphatic hydroxyl groups is 2. The van der Waals surface area contributed by atoms with E-state index >= 15 is 0 Å². The zero-order chi connectivity index (χ0) is 24.2. The van der Waals surface area contributed by atoms with Crippen LogP contribution in [0.3, 0.4) is 0 Å². The molecule has 0 aliphatic carbocycles. The maximum atomic E-state index is 14.4.